The molecule has 134 valence electrons. The number of nitrogens with zero attached hydrogens (tertiary/aromatic N) is 1. The number of hydrogen-bond donors (Lipinski definition) is 0. The molecule has 0 unspecified atom stereocenters. The standard InChI is InChI=1S/C19H16NO.ClHO4/c1-14-10-12-20(13-11-14)19-15-6-2-4-8-17(15)21-18-9-5-3-7-16(18)19;2-1(3,4)5/h2-13,19H,1H3;(H,2,3,4,5)/q+1;/p-1. The van der Waals surface area contributed by atoms with E-state index in [-0.39, 0.29) is 6.04 Å². The molecule has 2 heterocycles. The third-order valence-corrected chi connectivity index (χ3v) is 3.96. The molecule has 0 saturated heterocycles. The smallest absolute Gasteiger partial charge is 0.216 e. The fourth-order valence-electron chi connectivity index (χ4n) is 2.89. The Balaban J connectivity index is 0.000000349. The molecule has 0 amide bonds. The van der Waals surface area contributed by atoms with E-state index in [0.717, 1.165) is 11.5 Å². The van der Waals surface area contributed by atoms with E-state index in [2.05, 4.69) is 60.3 Å². The first-order valence-corrected chi connectivity index (χ1v) is 9.01. The molecule has 0 saturated carbocycles. The van der Waals surface area contributed by atoms with Gasteiger partial charge in [-0.25, -0.2) is 18.6 Å². The number of para-hydroxylation sites is 2. The van der Waals surface area contributed by atoms with E-state index in [1.54, 1.807) is 0 Å². The van der Waals surface area contributed by atoms with E-state index >= 15 is 0 Å². The molecule has 1 aliphatic rings. The number of pyridine rings is 1. The van der Waals surface area contributed by atoms with Gasteiger partial charge in [-0.3, -0.25) is 0 Å². The number of fused-ring (bicyclic) bond motifs is 2. The van der Waals surface area contributed by atoms with Crippen LogP contribution in [0.1, 0.15) is 22.7 Å². The Kier molecular flexibility index (Phi) is 5.22. The van der Waals surface area contributed by atoms with Gasteiger partial charge in [-0.05, 0) is 36.8 Å². The maximum Gasteiger partial charge on any atom is 0.216 e. The van der Waals surface area contributed by atoms with Crippen molar-refractivity contribution in [2.75, 3.05) is 0 Å². The molecule has 0 fully saturated rings. The van der Waals surface area contributed by atoms with Crippen molar-refractivity contribution in [1.29, 1.82) is 0 Å². The summed E-state index contributed by atoms with van der Waals surface area (Å²) in [5, 5.41) is 0. The zero-order valence-corrected chi connectivity index (χ0v) is 14.6. The highest BCUT2D eigenvalue weighted by molar-refractivity contribution is 5.51. The van der Waals surface area contributed by atoms with Crippen LogP contribution in [0.2, 0.25) is 0 Å². The largest absolute Gasteiger partial charge is 0.456 e. The highest BCUT2D eigenvalue weighted by Gasteiger charge is 2.33. The summed E-state index contributed by atoms with van der Waals surface area (Å²) in [7, 11) is -4.94. The van der Waals surface area contributed by atoms with Crippen molar-refractivity contribution in [3.63, 3.8) is 0 Å². The summed E-state index contributed by atoms with van der Waals surface area (Å²) < 4.78 is 42.3. The van der Waals surface area contributed by atoms with E-state index in [0.29, 0.717) is 0 Å². The number of hydrogen-bond acceptors (Lipinski definition) is 5. The molecular weight excluding hydrogens is 358 g/mol. The molecule has 0 aliphatic carbocycles. The average Bonchev–Trinajstić information content (AvgIpc) is 2.59. The second kappa shape index (κ2) is 7.41. The van der Waals surface area contributed by atoms with Crippen LogP contribution in [0.15, 0.2) is 73.1 Å². The van der Waals surface area contributed by atoms with Crippen molar-refractivity contribution >= 4 is 0 Å². The van der Waals surface area contributed by atoms with Crippen LogP contribution in [-0.4, -0.2) is 0 Å². The topological polar surface area (TPSA) is 105 Å². The Morgan fingerprint density at radius 2 is 1.19 bits per heavy atom. The predicted octanol–water partition coefficient (Wildman–Crippen LogP) is -0.730. The SMILES string of the molecule is Cc1cc[n+](C2c3ccccc3Oc3ccccc32)cc1.[O-][Cl+3]([O-])([O-])[O-]. The predicted molar refractivity (Wildman–Crippen MR) is 81.6 cm³/mol. The molecule has 2 aromatic carbocycles. The fourth-order valence-corrected chi connectivity index (χ4v) is 2.89. The summed E-state index contributed by atoms with van der Waals surface area (Å²) >= 11 is 0. The Morgan fingerprint density at radius 1 is 0.769 bits per heavy atom. The van der Waals surface area contributed by atoms with E-state index in [4.69, 9.17) is 23.4 Å². The maximum atomic E-state index is 8.49. The number of halogens is 1. The third kappa shape index (κ3) is 4.37. The van der Waals surface area contributed by atoms with E-state index in [9.17, 15) is 0 Å². The van der Waals surface area contributed by atoms with E-state index < -0.39 is 10.2 Å². The number of benzene rings is 2. The molecule has 0 N–H and O–H groups in total. The first-order valence-electron chi connectivity index (χ1n) is 7.78. The van der Waals surface area contributed by atoms with Crippen molar-refractivity contribution < 1.29 is 38.2 Å². The molecular formula is C19H16ClNO5. The van der Waals surface area contributed by atoms with Crippen molar-refractivity contribution in [2.45, 2.75) is 13.0 Å². The number of rotatable bonds is 1. The van der Waals surface area contributed by atoms with Gasteiger partial charge in [0.1, 0.15) is 11.5 Å². The molecule has 0 radical (unpaired) electrons. The van der Waals surface area contributed by atoms with Gasteiger partial charge >= 0.3 is 0 Å². The van der Waals surface area contributed by atoms with Crippen LogP contribution >= 0.6 is 0 Å². The van der Waals surface area contributed by atoms with Crippen LogP contribution in [0, 0.1) is 17.2 Å². The fraction of sp³-hybridized carbons (Fsp3) is 0.105. The summed E-state index contributed by atoms with van der Waals surface area (Å²) in [6.07, 6.45) is 4.28. The minimum absolute atomic E-state index is 0.159. The van der Waals surface area contributed by atoms with Crippen LogP contribution < -0.4 is 27.9 Å². The summed E-state index contributed by atoms with van der Waals surface area (Å²) in [5.41, 5.74) is 3.66. The minimum atomic E-state index is -4.94. The first-order chi connectivity index (χ1) is 12.3. The summed E-state index contributed by atoms with van der Waals surface area (Å²) in [5.74, 6) is 1.88. The van der Waals surface area contributed by atoms with Gasteiger partial charge in [-0.1, -0.05) is 24.3 Å². The monoisotopic (exact) mass is 373 g/mol. The molecule has 3 aromatic rings. The van der Waals surface area contributed by atoms with E-state index in [1.807, 2.05) is 24.3 Å². The van der Waals surface area contributed by atoms with Gasteiger partial charge in [0.15, 0.2) is 12.4 Å². The maximum absolute atomic E-state index is 8.49. The molecule has 6 nitrogen and oxygen atoms in total. The lowest BCUT2D eigenvalue weighted by Gasteiger charge is -2.24. The lowest BCUT2D eigenvalue weighted by molar-refractivity contribution is -2.00. The van der Waals surface area contributed by atoms with Crippen molar-refractivity contribution in [3.05, 3.63) is 89.7 Å². The molecule has 4 rings (SSSR count). The van der Waals surface area contributed by atoms with E-state index in [1.165, 1.54) is 16.7 Å². The Morgan fingerprint density at radius 3 is 1.65 bits per heavy atom. The normalized spacial score (nSPS) is 13.0. The average molecular weight is 374 g/mol. The van der Waals surface area contributed by atoms with Crippen molar-refractivity contribution in [3.8, 4) is 11.5 Å². The molecule has 0 bridgehead atoms. The second-order valence-corrected chi connectivity index (χ2v) is 6.54. The summed E-state index contributed by atoms with van der Waals surface area (Å²) in [6.45, 7) is 2.11. The van der Waals surface area contributed by atoms with Crippen LogP contribution in [0.3, 0.4) is 0 Å². The molecule has 26 heavy (non-hydrogen) atoms. The number of ether oxygens (including phenoxy) is 1. The van der Waals surface area contributed by atoms with Gasteiger partial charge in [0.2, 0.25) is 6.04 Å². The molecule has 1 aliphatic heterocycles. The zero-order chi connectivity index (χ0) is 18.7. The molecule has 7 heteroatoms. The minimum Gasteiger partial charge on any atom is -0.456 e. The quantitative estimate of drug-likeness (QED) is 0.409. The van der Waals surface area contributed by atoms with Gasteiger partial charge < -0.3 is 4.74 Å². The molecule has 0 atom stereocenters. The van der Waals surface area contributed by atoms with Crippen molar-refractivity contribution in [2.24, 2.45) is 0 Å². The molecule has 1 aromatic heterocycles. The van der Waals surface area contributed by atoms with Gasteiger partial charge in [0, 0.05) is 12.1 Å². The van der Waals surface area contributed by atoms with Crippen LogP contribution in [0.4, 0.5) is 0 Å². The first kappa shape index (κ1) is 18.3. The van der Waals surface area contributed by atoms with Gasteiger partial charge in [0.05, 0.1) is 11.1 Å². The second-order valence-electron chi connectivity index (χ2n) is 5.78. The highest BCUT2D eigenvalue weighted by Crippen LogP contribution is 2.41. The third-order valence-electron chi connectivity index (χ3n) is 3.96. The summed E-state index contributed by atoms with van der Waals surface area (Å²) in [4.78, 5) is 0. The number of aryl methyl sites for hydroxylation is 1. The number of aromatic nitrogens is 1. The molecule has 0 spiro atoms. The summed E-state index contributed by atoms with van der Waals surface area (Å²) in [6, 6.07) is 21.0. The van der Waals surface area contributed by atoms with Gasteiger partial charge in [-0.2, -0.15) is 4.57 Å². The van der Waals surface area contributed by atoms with Crippen LogP contribution in [-0.2, 0) is 0 Å². The Bertz CT molecular complexity index is 841. The highest BCUT2D eigenvalue weighted by atomic mass is 35.7. The van der Waals surface area contributed by atoms with Gasteiger partial charge in [-0.15, -0.1) is 10.2 Å². The zero-order valence-electron chi connectivity index (χ0n) is 13.9. The van der Waals surface area contributed by atoms with Gasteiger partial charge in [0.25, 0.3) is 0 Å². The van der Waals surface area contributed by atoms with Crippen LogP contribution in [0.5, 0.6) is 11.5 Å². The van der Waals surface area contributed by atoms with Crippen molar-refractivity contribution in [1.82, 2.24) is 0 Å². The lowest BCUT2D eigenvalue weighted by atomic mass is 9.94. The Hall–Kier alpha value is -2.48. The Labute approximate surface area is 152 Å². The van der Waals surface area contributed by atoms with Crippen LogP contribution in [0.25, 0.3) is 0 Å². The lowest BCUT2D eigenvalue weighted by Crippen LogP contribution is -2.68.